The minimum absolute atomic E-state index is 0.356. The zero-order valence-electron chi connectivity index (χ0n) is 4.93. The highest BCUT2D eigenvalue weighted by atomic mass is 19.1. The zero-order chi connectivity index (χ0) is 6.85. The van der Waals surface area contributed by atoms with Crippen molar-refractivity contribution in [3.63, 3.8) is 0 Å². The Labute approximate surface area is 52.0 Å². The molecule has 0 atom stereocenters. The maximum atomic E-state index is 12.4. The van der Waals surface area contributed by atoms with Gasteiger partial charge in [-0.15, -0.1) is 0 Å². The highest BCUT2D eigenvalue weighted by molar-refractivity contribution is 5.23. The van der Waals surface area contributed by atoms with Crippen LogP contribution in [0.1, 0.15) is 5.56 Å². The lowest BCUT2D eigenvalue weighted by molar-refractivity contribution is 0.427. The average molecular weight is 127 g/mol. The molecule has 0 spiro atoms. The minimum Gasteiger partial charge on any atom is -0.504 e. The van der Waals surface area contributed by atoms with Crippen LogP contribution in [-0.2, 0) is 0 Å². The Morgan fingerprint density at radius 1 is 1.56 bits per heavy atom. The molecule has 0 radical (unpaired) electrons. The summed E-state index contributed by atoms with van der Waals surface area (Å²) in [5.41, 5.74) is 0.356. The zero-order valence-corrected chi connectivity index (χ0v) is 4.93. The van der Waals surface area contributed by atoms with Gasteiger partial charge in [-0.05, 0) is 6.92 Å². The summed E-state index contributed by atoms with van der Waals surface area (Å²) in [4.78, 5) is 3.55. The van der Waals surface area contributed by atoms with Gasteiger partial charge in [-0.25, -0.2) is 4.39 Å². The lowest BCUT2D eigenvalue weighted by atomic mass is 10.3. The molecule has 1 N–H and O–H groups in total. The van der Waals surface area contributed by atoms with Crippen molar-refractivity contribution in [1.29, 1.82) is 0 Å². The smallest absolute Gasteiger partial charge is 0.170 e. The van der Waals surface area contributed by atoms with Crippen LogP contribution in [0, 0.1) is 12.7 Å². The number of rotatable bonds is 0. The van der Waals surface area contributed by atoms with Crippen LogP contribution in [0.4, 0.5) is 4.39 Å². The van der Waals surface area contributed by atoms with Crippen molar-refractivity contribution in [2.24, 2.45) is 0 Å². The van der Waals surface area contributed by atoms with Gasteiger partial charge >= 0.3 is 0 Å². The van der Waals surface area contributed by atoms with E-state index in [9.17, 15) is 4.39 Å². The maximum Gasteiger partial charge on any atom is 0.170 e. The van der Waals surface area contributed by atoms with E-state index < -0.39 is 11.6 Å². The Kier molecular flexibility index (Phi) is 1.34. The van der Waals surface area contributed by atoms with Crippen molar-refractivity contribution in [2.75, 3.05) is 0 Å². The molecule has 48 valence electrons. The van der Waals surface area contributed by atoms with E-state index in [4.69, 9.17) is 5.11 Å². The Bertz CT molecular complexity index is 204. The molecular weight excluding hydrogens is 121 g/mol. The summed E-state index contributed by atoms with van der Waals surface area (Å²) in [7, 11) is 0. The molecule has 2 nitrogen and oxygen atoms in total. The molecule has 0 saturated carbocycles. The van der Waals surface area contributed by atoms with Gasteiger partial charge in [-0.1, -0.05) is 0 Å². The highest BCUT2D eigenvalue weighted by Gasteiger charge is 2.00. The molecule has 0 saturated heterocycles. The molecule has 0 bridgehead atoms. The summed E-state index contributed by atoms with van der Waals surface area (Å²) >= 11 is 0. The summed E-state index contributed by atoms with van der Waals surface area (Å²) in [5.74, 6) is -0.986. The Balaban J connectivity index is 3.25. The molecule has 0 aromatic carbocycles. The topological polar surface area (TPSA) is 33.1 Å². The van der Waals surface area contributed by atoms with Crippen molar-refractivity contribution in [3.05, 3.63) is 23.8 Å². The van der Waals surface area contributed by atoms with Gasteiger partial charge in [0.25, 0.3) is 0 Å². The van der Waals surface area contributed by atoms with Crippen molar-refractivity contribution in [3.8, 4) is 5.75 Å². The molecule has 0 aliphatic rings. The van der Waals surface area contributed by atoms with Crippen LogP contribution in [0.25, 0.3) is 0 Å². The standard InChI is InChI=1S/C6H6FNO/c1-4-2-8-3-5(9)6(4)7/h2-3,9H,1H3. The SMILES string of the molecule is Cc1cncc(O)c1F. The van der Waals surface area contributed by atoms with Gasteiger partial charge in [0.1, 0.15) is 0 Å². The third-order valence-corrected chi connectivity index (χ3v) is 1.04. The van der Waals surface area contributed by atoms with E-state index in [1.54, 1.807) is 6.92 Å². The lowest BCUT2D eigenvalue weighted by Gasteiger charge is -1.94. The molecule has 1 aromatic heterocycles. The number of nitrogens with zero attached hydrogens (tertiary/aromatic N) is 1. The van der Waals surface area contributed by atoms with Crippen molar-refractivity contribution < 1.29 is 9.50 Å². The summed E-state index contributed by atoms with van der Waals surface area (Å²) in [6, 6.07) is 0. The van der Waals surface area contributed by atoms with E-state index in [1.165, 1.54) is 6.20 Å². The Morgan fingerprint density at radius 2 is 2.22 bits per heavy atom. The summed E-state index contributed by atoms with van der Waals surface area (Å²) < 4.78 is 12.4. The molecule has 0 amide bonds. The molecule has 1 rings (SSSR count). The monoisotopic (exact) mass is 127 g/mol. The first-order valence-electron chi connectivity index (χ1n) is 2.51. The number of pyridine rings is 1. The molecule has 0 aliphatic heterocycles. The van der Waals surface area contributed by atoms with Gasteiger partial charge in [-0.2, -0.15) is 0 Å². The predicted octanol–water partition coefficient (Wildman–Crippen LogP) is 1.23. The van der Waals surface area contributed by atoms with Gasteiger partial charge in [0.2, 0.25) is 0 Å². The van der Waals surface area contributed by atoms with Crippen molar-refractivity contribution in [1.82, 2.24) is 4.98 Å². The van der Waals surface area contributed by atoms with Gasteiger partial charge in [0.15, 0.2) is 11.6 Å². The molecule has 0 fully saturated rings. The van der Waals surface area contributed by atoms with Crippen LogP contribution in [0.2, 0.25) is 0 Å². The minimum atomic E-state index is -0.593. The summed E-state index contributed by atoms with van der Waals surface area (Å²) in [6.07, 6.45) is 2.43. The fraction of sp³-hybridized carbons (Fsp3) is 0.167. The first kappa shape index (κ1) is 6.01. The number of hydrogen-bond donors (Lipinski definition) is 1. The highest BCUT2D eigenvalue weighted by Crippen LogP contribution is 2.14. The van der Waals surface area contributed by atoms with Crippen LogP contribution in [0.15, 0.2) is 12.4 Å². The molecule has 9 heavy (non-hydrogen) atoms. The Morgan fingerprint density at radius 3 is 2.67 bits per heavy atom. The lowest BCUT2D eigenvalue weighted by Crippen LogP contribution is -1.83. The van der Waals surface area contributed by atoms with Crippen LogP contribution < -0.4 is 0 Å². The quantitative estimate of drug-likeness (QED) is 0.568. The first-order valence-corrected chi connectivity index (χ1v) is 2.51. The number of hydrogen-bond acceptors (Lipinski definition) is 2. The third-order valence-electron chi connectivity index (χ3n) is 1.04. The van der Waals surface area contributed by atoms with Crippen LogP contribution >= 0.6 is 0 Å². The maximum absolute atomic E-state index is 12.4. The van der Waals surface area contributed by atoms with Gasteiger partial charge in [0, 0.05) is 11.8 Å². The first-order chi connectivity index (χ1) is 4.22. The van der Waals surface area contributed by atoms with E-state index >= 15 is 0 Å². The molecule has 1 heterocycles. The van der Waals surface area contributed by atoms with E-state index in [1.807, 2.05) is 0 Å². The fourth-order valence-electron chi connectivity index (χ4n) is 0.535. The molecule has 0 unspecified atom stereocenters. The van der Waals surface area contributed by atoms with E-state index in [0.29, 0.717) is 5.56 Å². The number of aromatic nitrogens is 1. The fourth-order valence-corrected chi connectivity index (χ4v) is 0.535. The third kappa shape index (κ3) is 0.988. The van der Waals surface area contributed by atoms with Crippen molar-refractivity contribution >= 4 is 0 Å². The normalized spacial score (nSPS) is 9.56. The molecule has 3 heteroatoms. The van der Waals surface area contributed by atoms with Gasteiger partial charge in [-0.3, -0.25) is 4.98 Å². The number of aryl methyl sites for hydroxylation is 1. The molecular formula is C6H6FNO. The largest absolute Gasteiger partial charge is 0.504 e. The van der Waals surface area contributed by atoms with E-state index in [0.717, 1.165) is 6.20 Å². The van der Waals surface area contributed by atoms with E-state index in [-0.39, 0.29) is 0 Å². The number of halogens is 1. The van der Waals surface area contributed by atoms with E-state index in [2.05, 4.69) is 4.98 Å². The molecule has 1 aromatic rings. The average Bonchev–Trinajstić information content (AvgIpc) is 1.83. The van der Waals surface area contributed by atoms with Crippen LogP contribution in [0.5, 0.6) is 5.75 Å². The second-order valence-electron chi connectivity index (χ2n) is 1.79. The van der Waals surface area contributed by atoms with Gasteiger partial charge < -0.3 is 5.11 Å². The second-order valence-corrected chi connectivity index (χ2v) is 1.79. The summed E-state index contributed by atoms with van der Waals surface area (Å²) in [6.45, 7) is 1.54. The number of aromatic hydroxyl groups is 1. The van der Waals surface area contributed by atoms with Crippen LogP contribution in [0.3, 0.4) is 0 Å². The second kappa shape index (κ2) is 2.01. The Hall–Kier alpha value is -1.12. The van der Waals surface area contributed by atoms with Gasteiger partial charge in [0.05, 0.1) is 6.20 Å². The summed E-state index contributed by atoms with van der Waals surface area (Å²) in [5, 5.41) is 8.66. The van der Waals surface area contributed by atoms with Crippen molar-refractivity contribution in [2.45, 2.75) is 6.92 Å². The van der Waals surface area contributed by atoms with Crippen LogP contribution in [-0.4, -0.2) is 10.1 Å². The predicted molar refractivity (Wildman–Crippen MR) is 30.6 cm³/mol. The molecule has 0 aliphatic carbocycles.